The second kappa shape index (κ2) is 8.17. The van der Waals surface area contributed by atoms with Crippen molar-refractivity contribution < 1.29 is 14.3 Å². The van der Waals surface area contributed by atoms with E-state index in [0.717, 1.165) is 18.7 Å². The zero-order chi connectivity index (χ0) is 17.7. The average Bonchev–Trinajstić information content (AvgIpc) is 3.04. The van der Waals surface area contributed by atoms with E-state index in [9.17, 15) is 9.59 Å². The quantitative estimate of drug-likeness (QED) is 0.895. The molecule has 0 spiro atoms. The van der Waals surface area contributed by atoms with Gasteiger partial charge < -0.3 is 19.5 Å². The Balaban J connectivity index is 1.87. The van der Waals surface area contributed by atoms with E-state index in [1.807, 2.05) is 17.7 Å². The summed E-state index contributed by atoms with van der Waals surface area (Å²) in [6, 6.07) is -0.204. The van der Waals surface area contributed by atoms with Crippen LogP contribution in [0.2, 0.25) is 0 Å². The number of nitrogens with zero attached hydrogens (tertiary/aromatic N) is 3. The number of carbonyl (C=O) groups is 2. The minimum Gasteiger partial charge on any atom is -0.450 e. The second-order valence-electron chi connectivity index (χ2n) is 6.49. The average molecular weight is 336 g/mol. The maximum atomic E-state index is 12.5. The summed E-state index contributed by atoms with van der Waals surface area (Å²) < 4.78 is 6.93. The summed E-state index contributed by atoms with van der Waals surface area (Å²) >= 11 is 0. The molecule has 2 heterocycles. The molecule has 134 valence electrons. The topological polar surface area (TPSA) is 76.5 Å². The number of hydrogen-bond donors (Lipinski definition) is 1. The van der Waals surface area contributed by atoms with Crippen molar-refractivity contribution in [2.45, 2.75) is 58.5 Å². The molecule has 1 aromatic rings. The molecule has 1 atom stereocenters. The van der Waals surface area contributed by atoms with Crippen LogP contribution in [-0.2, 0) is 9.53 Å². The molecule has 0 aliphatic carbocycles. The maximum absolute atomic E-state index is 12.5. The summed E-state index contributed by atoms with van der Waals surface area (Å²) in [7, 11) is 0. The van der Waals surface area contributed by atoms with Crippen LogP contribution in [0, 0.1) is 0 Å². The monoisotopic (exact) mass is 336 g/mol. The third-order valence-corrected chi connectivity index (χ3v) is 4.38. The Kier molecular flexibility index (Phi) is 6.23. The zero-order valence-electron chi connectivity index (χ0n) is 15.0. The highest BCUT2D eigenvalue weighted by molar-refractivity contribution is 5.80. The first-order valence-electron chi connectivity index (χ1n) is 8.68. The lowest BCUT2D eigenvalue weighted by Gasteiger charge is -2.32. The van der Waals surface area contributed by atoms with E-state index < -0.39 is 0 Å². The van der Waals surface area contributed by atoms with E-state index in [1.165, 1.54) is 0 Å². The van der Waals surface area contributed by atoms with Crippen LogP contribution in [0.25, 0.3) is 0 Å². The molecule has 2 amide bonds. The van der Waals surface area contributed by atoms with Crippen LogP contribution in [0.5, 0.6) is 0 Å². The van der Waals surface area contributed by atoms with Gasteiger partial charge in [-0.05, 0) is 26.7 Å². The number of nitrogens with one attached hydrogen (secondary N) is 1. The van der Waals surface area contributed by atoms with Gasteiger partial charge in [-0.1, -0.05) is 13.8 Å². The van der Waals surface area contributed by atoms with Crippen LogP contribution in [0.4, 0.5) is 4.79 Å². The standard InChI is InChI=1S/C17H28N4O3/c1-5-24-17(23)20-9-6-14(7-10-20)19-16(22)13(4)21-11-8-18-15(21)12(2)3/h8,11-14H,5-7,9-10H2,1-4H3,(H,19,22)/t13-/m1/s1. The van der Waals surface area contributed by atoms with Crippen LogP contribution in [0.3, 0.4) is 0 Å². The van der Waals surface area contributed by atoms with Gasteiger partial charge in [-0.3, -0.25) is 4.79 Å². The Morgan fingerprint density at radius 3 is 2.58 bits per heavy atom. The summed E-state index contributed by atoms with van der Waals surface area (Å²) in [4.78, 5) is 30.3. The predicted octanol–water partition coefficient (Wildman–Crippen LogP) is 2.30. The minimum absolute atomic E-state index is 0.00974. The van der Waals surface area contributed by atoms with Crippen LogP contribution >= 0.6 is 0 Å². The molecule has 1 aromatic heterocycles. The molecule has 1 N–H and O–H groups in total. The summed E-state index contributed by atoms with van der Waals surface area (Å²) in [6.45, 7) is 9.42. The molecule has 0 saturated carbocycles. The van der Waals surface area contributed by atoms with E-state index in [1.54, 1.807) is 18.0 Å². The number of ether oxygens (including phenoxy) is 1. The predicted molar refractivity (Wildman–Crippen MR) is 90.8 cm³/mol. The molecule has 0 unspecified atom stereocenters. The molecular formula is C17H28N4O3. The molecule has 0 aromatic carbocycles. The number of likely N-dealkylation sites (tertiary alicyclic amines) is 1. The number of carbonyl (C=O) groups excluding carboxylic acids is 2. The van der Waals surface area contributed by atoms with Crippen molar-refractivity contribution in [3.8, 4) is 0 Å². The summed E-state index contributed by atoms with van der Waals surface area (Å²) in [6.07, 6.45) is 4.81. The Bertz CT molecular complexity index is 562. The van der Waals surface area contributed by atoms with E-state index in [2.05, 4.69) is 24.1 Å². The van der Waals surface area contributed by atoms with Crippen molar-refractivity contribution in [3.63, 3.8) is 0 Å². The normalized spacial score (nSPS) is 17.0. The fourth-order valence-corrected chi connectivity index (χ4v) is 2.97. The molecule has 1 fully saturated rings. The molecule has 0 radical (unpaired) electrons. The van der Waals surface area contributed by atoms with E-state index in [-0.39, 0.29) is 30.0 Å². The summed E-state index contributed by atoms with van der Waals surface area (Å²) in [5.74, 6) is 1.17. The van der Waals surface area contributed by atoms with Gasteiger partial charge in [-0.2, -0.15) is 0 Å². The van der Waals surface area contributed by atoms with Crippen molar-refractivity contribution >= 4 is 12.0 Å². The molecule has 7 nitrogen and oxygen atoms in total. The zero-order valence-corrected chi connectivity index (χ0v) is 15.0. The van der Waals surface area contributed by atoms with Gasteiger partial charge in [0.2, 0.25) is 5.91 Å². The Labute approximate surface area is 143 Å². The number of imidazole rings is 1. The first-order chi connectivity index (χ1) is 11.4. The van der Waals surface area contributed by atoms with Crippen molar-refractivity contribution in [1.82, 2.24) is 19.8 Å². The smallest absolute Gasteiger partial charge is 0.409 e. The van der Waals surface area contributed by atoms with Gasteiger partial charge in [0, 0.05) is 37.4 Å². The molecule has 7 heteroatoms. The molecule has 1 aliphatic rings. The maximum Gasteiger partial charge on any atom is 0.409 e. The lowest BCUT2D eigenvalue weighted by atomic mass is 10.0. The van der Waals surface area contributed by atoms with Gasteiger partial charge in [0.05, 0.1) is 6.61 Å². The molecule has 1 aliphatic heterocycles. The number of amides is 2. The second-order valence-corrected chi connectivity index (χ2v) is 6.49. The van der Waals surface area contributed by atoms with Gasteiger partial charge in [0.15, 0.2) is 0 Å². The fraction of sp³-hybridized carbons (Fsp3) is 0.706. The van der Waals surface area contributed by atoms with Crippen LogP contribution in [0.15, 0.2) is 12.4 Å². The van der Waals surface area contributed by atoms with Crippen LogP contribution in [-0.4, -0.2) is 52.2 Å². The van der Waals surface area contributed by atoms with Gasteiger partial charge in [-0.15, -0.1) is 0 Å². The Morgan fingerprint density at radius 2 is 2.00 bits per heavy atom. The third kappa shape index (κ3) is 4.27. The number of rotatable bonds is 5. The van der Waals surface area contributed by atoms with Crippen molar-refractivity contribution in [2.75, 3.05) is 19.7 Å². The van der Waals surface area contributed by atoms with Crippen molar-refractivity contribution in [3.05, 3.63) is 18.2 Å². The van der Waals surface area contributed by atoms with E-state index in [0.29, 0.717) is 19.7 Å². The largest absolute Gasteiger partial charge is 0.450 e. The van der Waals surface area contributed by atoms with Gasteiger partial charge in [0.25, 0.3) is 0 Å². The SMILES string of the molecule is CCOC(=O)N1CCC(NC(=O)[C@@H](C)n2ccnc2C(C)C)CC1. The lowest BCUT2D eigenvalue weighted by Crippen LogP contribution is -2.48. The van der Waals surface area contributed by atoms with Gasteiger partial charge >= 0.3 is 6.09 Å². The molecular weight excluding hydrogens is 308 g/mol. The summed E-state index contributed by atoms with van der Waals surface area (Å²) in [5, 5.41) is 3.10. The van der Waals surface area contributed by atoms with Crippen molar-refractivity contribution in [1.29, 1.82) is 0 Å². The molecule has 0 bridgehead atoms. The lowest BCUT2D eigenvalue weighted by molar-refractivity contribution is -0.124. The fourth-order valence-electron chi connectivity index (χ4n) is 2.97. The van der Waals surface area contributed by atoms with Crippen LogP contribution in [0.1, 0.15) is 58.3 Å². The highest BCUT2D eigenvalue weighted by atomic mass is 16.6. The molecule has 2 rings (SSSR count). The summed E-state index contributed by atoms with van der Waals surface area (Å²) in [5.41, 5.74) is 0. The minimum atomic E-state index is -0.298. The third-order valence-electron chi connectivity index (χ3n) is 4.38. The highest BCUT2D eigenvalue weighted by Gasteiger charge is 2.27. The van der Waals surface area contributed by atoms with Gasteiger partial charge in [0.1, 0.15) is 11.9 Å². The first-order valence-corrected chi connectivity index (χ1v) is 8.68. The number of hydrogen-bond acceptors (Lipinski definition) is 4. The molecule has 1 saturated heterocycles. The Hall–Kier alpha value is -2.05. The van der Waals surface area contributed by atoms with E-state index >= 15 is 0 Å². The number of aromatic nitrogens is 2. The van der Waals surface area contributed by atoms with Crippen molar-refractivity contribution in [2.24, 2.45) is 0 Å². The number of piperidine rings is 1. The van der Waals surface area contributed by atoms with Gasteiger partial charge in [-0.25, -0.2) is 9.78 Å². The Morgan fingerprint density at radius 1 is 1.33 bits per heavy atom. The first kappa shape index (κ1) is 18.3. The molecule has 24 heavy (non-hydrogen) atoms. The van der Waals surface area contributed by atoms with E-state index in [4.69, 9.17) is 4.74 Å². The highest BCUT2D eigenvalue weighted by Crippen LogP contribution is 2.18. The van der Waals surface area contributed by atoms with Crippen LogP contribution < -0.4 is 5.32 Å².